The largest absolute Gasteiger partial charge is 0.464 e. The van der Waals surface area contributed by atoms with Gasteiger partial charge in [-0.3, -0.25) is 0 Å². The third-order valence-electron chi connectivity index (χ3n) is 2.85. The fourth-order valence-corrected chi connectivity index (χ4v) is 1.94. The zero-order chi connectivity index (χ0) is 10.5. The molecule has 0 spiro atoms. The van der Waals surface area contributed by atoms with Crippen molar-refractivity contribution in [1.82, 2.24) is 5.32 Å². The van der Waals surface area contributed by atoms with Gasteiger partial charge in [-0.15, -0.1) is 0 Å². The fourth-order valence-electron chi connectivity index (χ4n) is 1.94. The van der Waals surface area contributed by atoms with Gasteiger partial charge >= 0.3 is 0 Å². The maximum Gasteiger partial charge on any atom is 0.129 e. The number of hydrogen-bond acceptors (Lipinski definition) is 3. The van der Waals surface area contributed by atoms with Crippen LogP contribution in [0.15, 0.2) is 16.5 Å². The molecule has 1 aliphatic rings. The van der Waals surface area contributed by atoms with E-state index in [1.165, 1.54) is 12.8 Å². The van der Waals surface area contributed by atoms with Crippen LogP contribution >= 0.6 is 0 Å². The van der Waals surface area contributed by atoms with E-state index in [1.807, 2.05) is 19.1 Å². The van der Waals surface area contributed by atoms with E-state index in [2.05, 4.69) is 5.32 Å². The van der Waals surface area contributed by atoms with Gasteiger partial charge in [-0.05, 0) is 50.9 Å². The molecule has 0 aliphatic carbocycles. The van der Waals surface area contributed by atoms with E-state index in [0.717, 1.165) is 37.1 Å². The van der Waals surface area contributed by atoms with Gasteiger partial charge in [-0.25, -0.2) is 0 Å². The molecule has 3 nitrogen and oxygen atoms in total. The zero-order valence-electron chi connectivity index (χ0n) is 9.29. The van der Waals surface area contributed by atoms with Crippen molar-refractivity contribution < 1.29 is 9.15 Å². The van der Waals surface area contributed by atoms with Crippen LogP contribution in [0.25, 0.3) is 0 Å². The van der Waals surface area contributed by atoms with E-state index < -0.39 is 0 Å². The molecule has 84 valence electrons. The molecule has 0 bridgehead atoms. The van der Waals surface area contributed by atoms with E-state index in [0.29, 0.717) is 6.61 Å². The molecule has 0 unspecified atom stereocenters. The van der Waals surface area contributed by atoms with Crippen molar-refractivity contribution in [3.63, 3.8) is 0 Å². The second kappa shape index (κ2) is 5.33. The first kappa shape index (κ1) is 10.7. The normalized spacial score (nSPS) is 18.2. The minimum Gasteiger partial charge on any atom is -0.464 e. The summed E-state index contributed by atoms with van der Waals surface area (Å²) in [5.74, 6) is 2.61. The van der Waals surface area contributed by atoms with Gasteiger partial charge in [-0.2, -0.15) is 0 Å². The second-order valence-electron chi connectivity index (χ2n) is 4.22. The van der Waals surface area contributed by atoms with Crippen LogP contribution < -0.4 is 5.32 Å². The van der Waals surface area contributed by atoms with Gasteiger partial charge < -0.3 is 14.5 Å². The maximum atomic E-state index is 5.65. The van der Waals surface area contributed by atoms with Crippen molar-refractivity contribution in [3.05, 3.63) is 23.7 Å². The predicted molar refractivity (Wildman–Crippen MR) is 58.7 cm³/mol. The summed E-state index contributed by atoms with van der Waals surface area (Å²) in [5, 5.41) is 3.35. The molecule has 2 rings (SSSR count). The molecule has 1 aromatic rings. The van der Waals surface area contributed by atoms with Crippen molar-refractivity contribution >= 4 is 0 Å². The number of aryl methyl sites for hydroxylation is 1. The molecule has 1 N–H and O–H groups in total. The summed E-state index contributed by atoms with van der Waals surface area (Å²) in [6.07, 6.45) is 2.47. The smallest absolute Gasteiger partial charge is 0.129 e. The van der Waals surface area contributed by atoms with Gasteiger partial charge in [0.15, 0.2) is 0 Å². The number of furan rings is 1. The Kier molecular flexibility index (Phi) is 3.80. The average molecular weight is 209 g/mol. The summed E-state index contributed by atoms with van der Waals surface area (Å²) < 4.78 is 11.1. The lowest BCUT2D eigenvalue weighted by molar-refractivity contribution is 0.0655. The second-order valence-corrected chi connectivity index (χ2v) is 4.22. The first-order valence-electron chi connectivity index (χ1n) is 5.68. The van der Waals surface area contributed by atoms with E-state index >= 15 is 0 Å². The van der Waals surface area contributed by atoms with Crippen LogP contribution in [0.2, 0.25) is 0 Å². The van der Waals surface area contributed by atoms with Gasteiger partial charge in [0.1, 0.15) is 18.1 Å². The summed E-state index contributed by atoms with van der Waals surface area (Å²) in [6, 6.07) is 3.96. The van der Waals surface area contributed by atoms with Crippen LogP contribution in [0.1, 0.15) is 24.4 Å². The Morgan fingerprint density at radius 2 is 2.20 bits per heavy atom. The highest BCUT2D eigenvalue weighted by Crippen LogP contribution is 2.13. The third-order valence-corrected chi connectivity index (χ3v) is 2.85. The first-order valence-corrected chi connectivity index (χ1v) is 5.68. The highest BCUT2D eigenvalue weighted by molar-refractivity contribution is 5.04. The standard InChI is InChI=1S/C12H19NO2/c1-10-2-3-12(15-10)9-14-8-11-4-6-13-7-5-11/h2-3,11,13H,4-9H2,1H3. The molecule has 1 saturated heterocycles. The highest BCUT2D eigenvalue weighted by atomic mass is 16.5. The van der Waals surface area contributed by atoms with E-state index in [4.69, 9.17) is 9.15 Å². The first-order chi connectivity index (χ1) is 7.34. The highest BCUT2D eigenvalue weighted by Gasteiger charge is 2.12. The SMILES string of the molecule is Cc1ccc(COCC2CCNCC2)o1. The van der Waals surface area contributed by atoms with Crippen LogP contribution in [-0.2, 0) is 11.3 Å². The minimum atomic E-state index is 0.609. The Morgan fingerprint density at radius 3 is 2.87 bits per heavy atom. The predicted octanol–water partition coefficient (Wildman–Crippen LogP) is 2.10. The molecular formula is C12H19NO2. The number of ether oxygens (including phenoxy) is 1. The zero-order valence-corrected chi connectivity index (χ0v) is 9.29. The Labute approximate surface area is 90.8 Å². The maximum absolute atomic E-state index is 5.65. The summed E-state index contributed by atoms with van der Waals surface area (Å²) in [7, 11) is 0. The van der Waals surface area contributed by atoms with Crippen LogP contribution in [0.3, 0.4) is 0 Å². The van der Waals surface area contributed by atoms with Crippen LogP contribution in [-0.4, -0.2) is 19.7 Å². The molecule has 0 radical (unpaired) electrons. The molecule has 1 aliphatic heterocycles. The Hall–Kier alpha value is -0.800. The molecular weight excluding hydrogens is 190 g/mol. The van der Waals surface area contributed by atoms with Crippen LogP contribution in [0.5, 0.6) is 0 Å². The molecule has 0 amide bonds. The Bertz CT molecular complexity index is 290. The van der Waals surface area contributed by atoms with Crippen molar-refractivity contribution in [2.45, 2.75) is 26.4 Å². The molecule has 1 fully saturated rings. The van der Waals surface area contributed by atoms with Gasteiger partial charge in [0, 0.05) is 0 Å². The molecule has 2 heterocycles. The lowest BCUT2D eigenvalue weighted by Crippen LogP contribution is -2.29. The van der Waals surface area contributed by atoms with Crippen LogP contribution in [0, 0.1) is 12.8 Å². The van der Waals surface area contributed by atoms with Crippen LogP contribution in [0.4, 0.5) is 0 Å². The van der Waals surface area contributed by atoms with Gasteiger partial charge in [0.25, 0.3) is 0 Å². The van der Waals surface area contributed by atoms with Crippen molar-refractivity contribution in [3.8, 4) is 0 Å². The number of rotatable bonds is 4. The number of nitrogens with one attached hydrogen (secondary N) is 1. The van der Waals surface area contributed by atoms with Crippen molar-refractivity contribution in [1.29, 1.82) is 0 Å². The topological polar surface area (TPSA) is 34.4 Å². The molecule has 0 saturated carbocycles. The summed E-state index contributed by atoms with van der Waals surface area (Å²) in [4.78, 5) is 0. The van der Waals surface area contributed by atoms with Gasteiger partial charge in [0.05, 0.1) is 6.61 Å². The molecule has 3 heteroatoms. The summed E-state index contributed by atoms with van der Waals surface area (Å²) in [6.45, 7) is 5.69. The van der Waals surface area contributed by atoms with E-state index in [9.17, 15) is 0 Å². The molecule has 15 heavy (non-hydrogen) atoms. The third kappa shape index (κ3) is 3.36. The molecule has 0 aromatic carbocycles. The summed E-state index contributed by atoms with van der Waals surface area (Å²) in [5.41, 5.74) is 0. The monoisotopic (exact) mass is 209 g/mol. The molecule has 1 aromatic heterocycles. The number of piperidine rings is 1. The lowest BCUT2D eigenvalue weighted by Gasteiger charge is -2.21. The lowest BCUT2D eigenvalue weighted by atomic mass is 9.99. The fraction of sp³-hybridized carbons (Fsp3) is 0.667. The Morgan fingerprint density at radius 1 is 1.40 bits per heavy atom. The van der Waals surface area contributed by atoms with E-state index in [1.54, 1.807) is 0 Å². The van der Waals surface area contributed by atoms with Gasteiger partial charge in [-0.1, -0.05) is 0 Å². The van der Waals surface area contributed by atoms with E-state index in [-0.39, 0.29) is 0 Å². The van der Waals surface area contributed by atoms with Crippen molar-refractivity contribution in [2.75, 3.05) is 19.7 Å². The Balaban J connectivity index is 1.65. The van der Waals surface area contributed by atoms with Crippen molar-refractivity contribution in [2.24, 2.45) is 5.92 Å². The number of hydrogen-bond donors (Lipinski definition) is 1. The minimum absolute atomic E-state index is 0.609. The molecule has 0 atom stereocenters. The quantitative estimate of drug-likeness (QED) is 0.824. The van der Waals surface area contributed by atoms with Gasteiger partial charge in [0.2, 0.25) is 0 Å². The average Bonchev–Trinajstić information content (AvgIpc) is 2.66. The summed E-state index contributed by atoms with van der Waals surface area (Å²) >= 11 is 0.